The van der Waals surface area contributed by atoms with Crippen molar-refractivity contribution in [2.75, 3.05) is 17.2 Å². The van der Waals surface area contributed by atoms with Crippen LogP contribution >= 0.6 is 0 Å². The fourth-order valence-electron chi connectivity index (χ4n) is 2.52. The van der Waals surface area contributed by atoms with Gasteiger partial charge in [-0.25, -0.2) is 0 Å². The summed E-state index contributed by atoms with van der Waals surface area (Å²) in [4.78, 5) is 34.9. The molecular weight excluding hydrogens is 362 g/mol. The van der Waals surface area contributed by atoms with Crippen LogP contribution in [0.4, 0.5) is 17.1 Å². The van der Waals surface area contributed by atoms with E-state index in [-0.39, 0.29) is 29.5 Å². The lowest BCUT2D eigenvalue weighted by molar-refractivity contribution is -0.385. The molecule has 28 heavy (non-hydrogen) atoms. The predicted molar refractivity (Wildman–Crippen MR) is 107 cm³/mol. The van der Waals surface area contributed by atoms with Gasteiger partial charge in [0.15, 0.2) is 5.75 Å². The number of nitrogens with zero attached hydrogens (tertiary/aromatic N) is 1. The molecule has 0 fully saturated rings. The maximum absolute atomic E-state index is 12.5. The number of anilines is 2. The molecule has 2 rings (SSSR count). The van der Waals surface area contributed by atoms with E-state index in [9.17, 15) is 19.7 Å². The molecule has 0 aliphatic heterocycles. The third kappa shape index (κ3) is 5.80. The largest absolute Gasteiger partial charge is 0.487 e. The van der Waals surface area contributed by atoms with E-state index in [2.05, 4.69) is 10.6 Å². The highest BCUT2D eigenvalue weighted by atomic mass is 16.6. The lowest BCUT2D eigenvalue weighted by Crippen LogP contribution is -2.14. The van der Waals surface area contributed by atoms with E-state index >= 15 is 0 Å². The summed E-state index contributed by atoms with van der Waals surface area (Å²) in [5.41, 5.74) is 0.894. The monoisotopic (exact) mass is 385 g/mol. The number of benzene rings is 2. The molecule has 0 spiro atoms. The summed E-state index contributed by atoms with van der Waals surface area (Å²) in [5, 5.41) is 16.7. The van der Waals surface area contributed by atoms with Gasteiger partial charge in [0, 0.05) is 29.4 Å². The lowest BCUT2D eigenvalue weighted by atomic mass is 10.1. The molecule has 2 aromatic carbocycles. The molecule has 148 valence electrons. The van der Waals surface area contributed by atoms with Crippen molar-refractivity contribution in [3.63, 3.8) is 0 Å². The van der Waals surface area contributed by atoms with Gasteiger partial charge in [0.25, 0.3) is 5.91 Å². The molecule has 2 amide bonds. The molecule has 0 atom stereocenters. The zero-order chi connectivity index (χ0) is 20.5. The molecule has 0 unspecified atom stereocenters. The number of unbranched alkanes of at least 4 members (excludes halogenated alkanes) is 1. The first kappa shape index (κ1) is 20.9. The van der Waals surface area contributed by atoms with Gasteiger partial charge in [0.05, 0.1) is 11.5 Å². The Balaban J connectivity index is 2.12. The van der Waals surface area contributed by atoms with Crippen LogP contribution in [0.3, 0.4) is 0 Å². The number of amides is 2. The van der Waals surface area contributed by atoms with Gasteiger partial charge in [0.1, 0.15) is 0 Å². The molecule has 8 heteroatoms. The molecule has 0 saturated heterocycles. The van der Waals surface area contributed by atoms with Gasteiger partial charge in [-0.3, -0.25) is 19.7 Å². The van der Waals surface area contributed by atoms with Crippen LogP contribution in [0.25, 0.3) is 0 Å². The van der Waals surface area contributed by atoms with Crippen molar-refractivity contribution in [3.05, 3.63) is 58.1 Å². The predicted octanol–water partition coefficient (Wildman–Crippen LogP) is 4.37. The first-order valence-corrected chi connectivity index (χ1v) is 9.07. The lowest BCUT2D eigenvalue weighted by Gasteiger charge is -2.10. The van der Waals surface area contributed by atoms with Gasteiger partial charge < -0.3 is 15.4 Å². The maximum Gasteiger partial charge on any atom is 0.311 e. The Kier molecular flexibility index (Phi) is 7.50. The zero-order valence-corrected chi connectivity index (χ0v) is 15.9. The van der Waals surface area contributed by atoms with Crippen LogP contribution in [-0.4, -0.2) is 23.3 Å². The Hall–Kier alpha value is -3.42. The van der Waals surface area contributed by atoms with E-state index in [0.29, 0.717) is 17.8 Å². The Morgan fingerprint density at radius 1 is 1.07 bits per heavy atom. The molecule has 0 saturated carbocycles. The number of nitro groups is 1. The van der Waals surface area contributed by atoms with Crippen LogP contribution in [0.5, 0.6) is 5.75 Å². The van der Waals surface area contributed by atoms with Crippen LogP contribution < -0.4 is 15.4 Å². The quantitative estimate of drug-likeness (QED) is 0.492. The highest BCUT2D eigenvalue weighted by Gasteiger charge is 2.18. The number of carbonyl (C=O) groups excluding carboxylic acids is 2. The summed E-state index contributed by atoms with van der Waals surface area (Å²) in [7, 11) is 0. The smallest absolute Gasteiger partial charge is 0.311 e. The summed E-state index contributed by atoms with van der Waals surface area (Å²) in [6, 6.07) is 10.8. The molecule has 0 aromatic heterocycles. The minimum atomic E-state index is -0.589. The number of nitrogens with one attached hydrogen (secondary N) is 2. The van der Waals surface area contributed by atoms with Crippen molar-refractivity contribution < 1.29 is 19.2 Å². The van der Waals surface area contributed by atoms with E-state index in [1.165, 1.54) is 18.2 Å². The van der Waals surface area contributed by atoms with Crippen LogP contribution in [0, 0.1) is 10.1 Å². The minimum absolute atomic E-state index is 0.0903. The molecule has 0 heterocycles. The van der Waals surface area contributed by atoms with Crippen LogP contribution in [0.15, 0.2) is 42.5 Å². The van der Waals surface area contributed by atoms with E-state index in [4.69, 9.17) is 4.74 Å². The van der Waals surface area contributed by atoms with Crippen LogP contribution in [0.1, 0.15) is 43.5 Å². The van der Waals surface area contributed by atoms with Gasteiger partial charge in [-0.05, 0) is 43.7 Å². The molecule has 2 aromatic rings. The Bertz CT molecular complexity index is 867. The Labute approximate surface area is 163 Å². The third-order valence-electron chi connectivity index (χ3n) is 3.88. The summed E-state index contributed by atoms with van der Waals surface area (Å²) in [6.45, 7) is 4.01. The number of nitro benzene ring substituents is 1. The second kappa shape index (κ2) is 10.1. The van der Waals surface area contributed by atoms with Gasteiger partial charge in [0.2, 0.25) is 5.91 Å². The van der Waals surface area contributed by atoms with Gasteiger partial charge >= 0.3 is 5.69 Å². The second-order valence-corrected chi connectivity index (χ2v) is 6.06. The maximum atomic E-state index is 12.5. The standard InChI is InChI=1S/C20H23N3O5/c1-3-5-9-19(24)21-15-7-6-8-16(13-15)22-20(25)14-10-11-18(28-4-2)17(12-14)23(26)27/h6-8,10-13H,3-5,9H2,1-2H3,(H,21,24)(H,22,25). The summed E-state index contributed by atoms with van der Waals surface area (Å²) >= 11 is 0. The second-order valence-electron chi connectivity index (χ2n) is 6.06. The topological polar surface area (TPSA) is 111 Å². The number of rotatable bonds is 9. The molecule has 0 aliphatic rings. The van der Waals surface area contributed by atoms with Crippen molar-refractivity contribution >= 4 is 28.9 Å². The molecule has 0 bridgehead atoms. The summed E-state index contributed by atoms with van der Waals surface area (Å²) < 4.78 is 5.22. The van der Waals surface area contributed by atoms with Gasteiger partial charge in [-0.2, -0.15) is 0 Å². The Morgan fingerprint density at radius 2 is 1.79 bits per heavy atom. The van der Waals surface area contributed by atoms with Crippen LogP contribution in [-0.2, 0) is 4.79 Å². The molecule has 0 aliphatic carbocycles. The highest BCUT2D eigenvalue weighted by Crippen LogP contribution is 2.28. The summed E-state index contributed by atoms with van der Waals surface area (Å²) in [6.07, 6.45) is 2.17. The minimum Gasteiger partial charge on any atom is -0.487 e. The average molecular weight is 385 g/mol. The van der Waals surface area contributed by atoms with Gasteiger partial charge in [-0.1, -0.05) is 19.4 Å². The van der Waals surface area contributed by atoms with Crippen LogP contribution in [0.2, 0.25) is 0 Å². The fourth-order valence-corrected chi connectivity index (χ4v) is 2.52. The number of ether oxygens (including phenoxy) is 1. The first-order valence-electron chi connectivity index (χ1n) is 9.07. The molecular formula is C20H23N3O5. The number of carbonyl (C=O) groups is 2. The third-order valence-corrected chi connectivity index (χ3v) is 3.88. The highest BCUT2D eigenvalue weighted by molar-refractivity contribution is 6.05. The number of hydrogen-bond acceptors (Lipinski definition) is 5. The van der Waals surface area contributed by atoms with E-state index in [1.54, 1.807) is 31.2 Å². The fraction of sp³-hybridized carbons (Fsp3) is 0.300. The van der Waals surface area contributed by atoms with Crippen molar-refractivity contribution in [3.8, 4) is 5.75 Å². The Morgan fingerprint density at radius 3 is 2.43 bits per heavy atom. The van der Waals surface area contributed by atoms with Crippen molar-refractivity contribution in [2.24, 2.45) is 0 Å². The summed E-state index contributed by atoms with van der Waals surface area (Å²) in [5.74, 6) is -0.478. The zero-order valence-electron chi connectivity index (χ0n) is 15.9. The van der Waals surface area contributed by atoms with Crippen molar-refractivity contribution in [1.82, 2.24) is 0 Å². The van der Waals surface area contributed by atoms with Gasteiger partial charge in [-0.15, -0.1) is 0 Å². The SMILES string of the molecule is CCCCC(=O)Nc1cccc(NC(=O)c2ccc(OCC)c([N+](=O)[O-])c2)c1. The first-order chi connectivity index (χ1) is 13.4. The van der Waals surface area contributed by atoms with E-state index < -0.39 is 10.8 Å². The molecule has 2 N–H and O–H groups in total. The normalized spacial score (nSPS) is 10.2. The average Bonchev–Trinajstić information content (AvgIpc) is 2.67. The van der Waals surface area contributed by atoms with E-state index in [1.807, 2.05) is 6.92 Å². The molecule has 0 radical (unpaired) electrons. The van der Waals surface area contributed by atoms with Crippen molar-refractivity contribution in [1.29, 1.82) is 0 Å². The molecule has 8 nitrogen and oxygen atoms in total. The van der Waals surface area contributed by atoms with Crippen molar-refractivity contribution in [2.45, 2.75) is 33.1 Å². The number of hydrogen-bond donors (Lipinski definition) is 2. The van der Waals surface area contributed by atoms with E-state index in [0.717, 1.165) is 12.8 Å².